The number of aromatic nitrogens is 2. The van der Waals surface area contributed by atoms with E-state index in [4.69, 9.17) is 18.9 Å². The Labute approximate surface area is 188 Å². The molecule has 0 aliphatic carbocycles. The lowest BCUT2D eigenvalue weighted by Crippen LogP contribution is -2.16. The number of ether oxygens (including phenoxy) is 4. The van der Waals surface area contributed by atoms with E-state index in [0.29, 0.717) is 48.9 Å². The lowest BCUT2D eigenvalue weighted by Gasteiger charge is -2.21. The zero-order chi connectivity index (χ0) is 21.8. The van der Waals surface area contributed by atoms with Gasteiger partial charge in [0.15, 0.2) is 11.5 Å². The molecule has 1 aliphatic rings. The lowest BCUT2D eigenvalue weighted by molar-refractivity contribution is 0.132. The highest BCUT2D eigenvalue weighted by molar-refractivity contribution is 9.10. The fraction of sp³-hybridized carbons (Fsp3) is 0.364. The molecule has 0 amide bonds. The van der Waals surface area contributed by atoms with Crippen molar-refractivity contribution in [2.75, 3.05) is 52.1 Å². The minimum Gasteiger partial charge on any atom is -0.487 e. The van der Waals surface area contributed by atoms with Crippen molar-refractivity contribution in [3.8, 4) is 11.5 Å². The molecular formula is C22H23BrFN3O4. The van der Waals surface area contributed by atoms with Crippen molar-refractivity contribution in [1.29, 1.82) is 0 Å². The van der Waals surface area contributed by atoms with E-state index in [9.17, 15) is 4.39 Å². The van der Waals surface area contributed by atoms with Crippen molar-refractivity contribution in [2.24, 2.45) is 0 Å². The Morgan fingerprint density at radius 1 is 0.968 bits per heavy atom. The highest BCUT2D eigenvalue weighted by atomic mass is 79.9. The van der Waals surface area contributed by atoms with Gasteiger partial charge in [-0.25, -0.2) is 14.4 Å². The summed E-state index contributed by atoms with van der Waals surface area (Å²) in [5.74, 6) is 1.63. The first-order valence-corrected chi connectivity index (χ1v) is 10.7. The first-order chi connectivity index (χ1) is 15.1. The monoisotopic (exact) mass is 491 g/mol. The molecule has 9 heteroatoms. The average molecular weight is 492 g/mol. The van der Waals surface area contributed by atoms with Crippen LogP contribution in [0.3, 0.4) is 0 Å². The van der Waals surface area contributed by atoms with E-state index in [1.165, 1.54) is 6.33 Å². The standard InChI is InChI=1S/C22H23BrFN3O4/c1-28-5-7-30-20-10-15-18(12-21(20)31-8-6-29-2)25-13-26-22(15)27-4-3-14-9-17(24)16(23)11-19(14)27/h9-13H,3-8H2,1-2H3. The lowest BCUT2D eigenvalue weighted by atomic mass is 10.1. The Bertz CT molecular complexity index is 1080. The van der Waals surface area contributed by atoms with Gasteiger partial charge >= 0.3 is 0 Å². The zero-order valence-electron chi connectivity index (χ0n) is 17.4. The van der Waals surface area contributed by atoms with Crippen molar-refractivity contribution in [1.82, 2.24) is 9.97 Å². The van der Waals surface area contributed by atoms with Gasteiger partial charge in [-0.05, 0) is 46.1 Å². The van der Waals surface area contributed by atoms with Gasteiger partial charge in [0.05, 0.1) is 23.2 Å². The Morgan fingerprint density at radius 3 is 2.39 bits per heavy atom. The number of methoxy groups -OCH3 is 2. The molecule has 0 saturated heterocycles. The molecule has 31 heavy (non-hydrogen) atoms. The largest absolute Gasteiger partial charge is 0.487 e. The topological polar surface area (TPSA) is 65.9 Å². The molecule has 0 radical (unpaired) electrons. The smallest absolute Gasteiger partial charge is 0.163 e. The normalized spacial score (nSPS) is 13.0. The van der Waals surface area contributed by atoms with Crippen LogP contribution in [0.15, 0.2) is 35.1 Å². The Kier molecular flexibility index (Phi) is 6.84. The summed E-state index contributed by atoms with van der Waals surface area (Å²) in [6.07, 6.45) is 2.26. The molecule has 0 saturated carbocycles. The summed E-state index contributed by atoms with van der Waals surface area (Å²) in [4.78, 5) is 11.1. The van der Waals surface area contributed by atoms with E-state index in [1.54, 1.807) is 26.4 Å². The molecule has 2 heterocycles. The van der Waals surface area contributed by atoms with E-state index in [-0.39, 0.29) is 5.82 Å². The molecule has 3 aromatic rings. The molecule has 0 spiro atoms. The summed E-state index contributed by atoms with van der Waals surface area (Å²) in [5, 5.41) is 0.822. The Morgan fingerprint density at radius 2 is 1.68 bits per heavy atom. The molecule has 0 fully saturated rings. The van der Waals surface area contributed by atoms with Crippen molar-refractivity contribution < 1.29 is 23.3 Å². The number of rotatable bonds is 9. The van der Waals surface area contributed by atoms with Crippen LogP contribution in [0.25, 0.3) is 10.9 Å². The number of nitrogens with zero attached hydrogens (tertiary/aromatic N) is 3. The number of hydrogen-bond donors (Lipinski definition) is 0. The number of fused-ring (bicyclic) bond motifs is 2. The first kappa shape index (κ1) is 21.7. The highest BCUT2D eigenvalue weighted by Gasteiger charge is 2.25. The maximum Gasteiger partial charge on any atom is 0.163 e. The molecule has 4 rings (SSSR count). The Hall–Kier alpha value is -2.49. The van der Waals surface area contributed by atoms with Gasteiger partial charge in [-0.15, -0.1) is 0 Å². The quantitative estimate of drug-likeness (QED) is 0.414. The average Bonchev–Trinajstić information content (AvgIpc) is 3.16. The molecule has 0 unspecified atom stereocenters. The van der Waals surface area contributed by atoms with Gasteiger partial charge < -0.3 is 23.8 Å². The minimum atomic E-state index is -0.264. The molecule has 7 nitrogen and oxygen atoms in total. The maximum atomic E-state index is 14.0. The van der Waals surface area contributed by atoms with Crippen LogP contribution in [0.5, 0.6) is 11.5 Å². The highest BCUT2D eigenvalue weighted by Crippen LogP contribution is 2.41. The number of halogens is 2. The van der Waals surface area contributed by atoms with Crippen LogP contribution in [0, 0.1) is 5.82 Å². The fourth-order valence-corrected chi connectivity index (χ4v) is 3.89. The summed E-state index contributed by atoms with van der Waals surface area (Å²) < 4.78 is 36.4. The van der Waals surface area contributed by atoms with E-state index in [1.807, 2.05) is 12.1 Å². The number of anilines is 2. The first-order valence-electron chi connectivity index (χ1n) is 9.90. The predicted molar refractivity (Wildman–Crippen MR) is 119 cm³/mol. The van der Waals surface area contributed by atoms with Gasteiger partial charge in [-0.1, -0.05) is 0 Å². The van der Waals surface area contributed by atoms with Crippen LogP contribution in [-0.2, 0) is 15.9 Å². The second kappa shape index (κ2) is 9.76. The second-order valence-corrected chi connectivity index (χ2v) is 7.85. The van der Waals surface area contributed by atoms with Crippen LogP contribution in [0.2, 0.25) is 0 Å². The van der Waals surface area contributed by atoms with Gasteiger partial charge in [0, 0.05) is 37.9 Å². The third-order valence-corrected chi connectivity index (χ3v) is 5.65. The second-order valence-electron chi connectivity index (χ2n) is 6.99. The van der Waals surface area contributed by atoms with E-state index in [2.05, 4.69) is 30.8 Å². The maximum absolute atomic E-state index is 14.0. The zero-order valence-corrected chi connectivity index (χ0v) is 18.9. The van der Waals surface area contributed by atoms with Gasteiger partial charge in [-0.2, -0.15) is 0 Å². The molecule has 2 aromatic carbocycles. The summed E-state index contributed by atoms with van der Waals surface area (Å²) in [6.45, 7) is 2.38. The fourth-order valence-electron chi connectivity index (χ4n) is 3.56. The molecular weight excluding hydrogens is 469 g/mol. The number of benzene rings is 2. The summed E-state index contributed by atoms with van der Waals surface area (Å²) in [6, 6.07) is 7.10. The van der Waals surface area contributed by atoms with Gasteiger partial charge in [0.25, 0.3) is 0 Å². The van der Waals surface area contributed by atoms with Crippen LogP contribution in [-0.4, -0.2) is 57.2 Å². The van der Waals surface area contributed by atoms with Crippen molar-refractivity contribution in [2.45, 2.75) is 6.42 Å². The molecule has 1 aromatic heterocycles. The SMILES string of the molecule is COCCOc1cc2ncnc(N3CCc4cc(F)c(Br)cc43)c2cc1OCCOC. The molecule has 1 aliphatic heterocycles. The van der Waals surface area contributed by atoms with Crippen LogP contribution in [0.4, 0.5) is 15.9 Å². The molecule has 164 valence electrons. The summed E-state index contributed by atoms with van der Waals surface area (Å²) in [5.41, 5.74) is 2.60. The van der Waals surface area contributed by atoms with Crippen LogP contribution >= 0.6 is 15.9 Å². The van der Waals surface area contributed by atoms with E-state index >= 15 is 0 Å². The third kappa shape index (κ3) is 4.58. The summed E-state index contributed by atoms with van der Waals surface area (Å²) >= 11 is 3.29. The van der Waals surface area contributed by atoms with Crippen molar-refractivity contribution >= 4 is 38.3 Å². The predicted octanol–water partition coefficient (Wildman–Crippen LogP) is 4.28. The van der Waals surface area contributed by atoms with Gasteiger partial charge in [-0.3, -0.25) is 0 Å². The van der Waals surface area contributed by atoms with Gasteiger partial charge in [0.2, 0.25) is 0 Å². The minimum absolute atomic E-state index is 0.264. The summed E-state index contributed by atoms with van der Waals surface area (Å²) in [7, 11) is 3.24. The number of hydrogen-bond acceptors (Lipinski definition) is 7. The van der Waals surface area contributed by atoms with E-state index in [0.717, 1.165) is 34.4 Å². The van der Waals surface area contributed by atoms with Crippen LogP contribution < -0.4 is 14.4 Å². The van der Waals surface area contributed by atoms with Crippen molar-refractivity contribution in [3.05, 3.63) is 46.4 Å². The molecule has 0 bridgehead atoms. The Balaban J connectivity index is 1.75. The molecule has 0 atom stereocenters. The third-order valence-electron chi connectivity index (χ3n) is 5.04. The van der Waals surface area contributed by atoms with Gasteiger partial charge in [0.1, 0.15) is 31.2 Å². The van der Waals surface area contributed by atoms with Crippen LogP contribution in [0.1, 0.15) is 5.56 Å². The van der Waals surface area contributed by atoms with E-state index < -0.39 is 0 Å². The molecule has 0 N–H and O–H groups in total. The van der Waals surface area contributed by atoms with Crippen molar-refractivity contribution in [3.63, 3.8) is 0 Å².